The molecule has 0 aliphatic rings. The first-order chi connectivity index (χ1) is 14.9. The minimum Gasteiger partial charge on any atom is -0.495 e. The van der Waals surface area contributed by atoms with Crippen molar-refractivity contribution in [3.8, 4) is 5.75 Å². The Morgan fingerprint density at radius 2 is 1.88 bits per heavy atom. The second-order valence-corrected chi connectivity index (χ2v) is 10.8. The Bertz CT molecular complexity index is 1330. The molecule has 1 unspecified atom stereocenters. The molecule has 0 radical (unpaired) electrons. The van der Waals surface area contributed by atoms with Crippen LogP contribution in [0, 0.1) is 0 Å². The summed E-state index contributed by atoms with van der Waals surface area (Å²) < 4.78 is 33.6. The number of hydrogen-bond donors (Lipinski definition) is 1. The second kappa shape index (κ2) is 9.13. The Morgan fingerprint density at radius 1 is 1.19 bits per heavy atom. The van der Waals surface area contributed by atoms with E-state index < -0.39 is 22.0 Å². The average Bonchev–Trinajstić information content (AvgIpc) is 3.02. The van der Waals surface area contributed by atoms with Crippen LogP contribution in [0.4, 0.5) is 11.4 Å². The molecule has 8 nitrogen and oxygen atoms in total. The fraction of sp³-hybridized carbons (Fsp3) is 0.333. The van der Waals surface area contributed by atoms with E-state index in [0.29, 0.717) is 11.4 Å². The van der Waals surface area contributed by atoms with Crippen molar-refractivity contribution >= 4 is 60.5 Å². The van der Waals surface area contributed by atoms with Crippen molar-refractivity contribution in [3.05, 3.63) is 51.1 Å². The summed E-state index contributed by atoms with van der Waals surface area (Å²) >= 11 is 7.25. The minimum absolute atomic E-state index is 0.0105. The number of methoxy groups -OCH3 is 1. The molecular weight excluding hydrogens is 474 g/mol. The number of nitrogens with zero attached hydrogens (tertiary/aromatic N) is 2. The first-order valence-corrected chi connectivity index (χ1v) is 12.8. The molecule has 11 heteroatoms. The number of ether oxygens (including phenoxy) is 1. The van der Waals surface area contributed by atoms with E-state index in [1.165, 1.54) is 32.2 Å². The van der Waals surface area contributed by atoms with Gasteiger partial charge in [0.1, 0.15) is 11.8 Å². The van der Waals surface area contributed by atoms with Crippen LogP contribution in [0.15, 0.2) is 41.2 Å². The van der Waals surface area contributed by atoms with E-state index in [1.807, 2.05) is 13.8 Å². The maximum Gasteiger partial charge on any atom is 0.308 e. The molecule has 1 heterocycles. The number of anilines is 2. The lowest BCUT2D eigenvalue weighted by atomic mass is 10.2. The van der Waals surface area contributed by atoms with Crippen molar-refractivity contribution in [2.75, 3.05) is 23.0 Å². The lowest BCUT2D eigenvalue weighted by Crippen LogP contribution is -2.45. The van der Waals surface area contributed by atoms with Crippen molar-refractivity contribution in [3.63, 3.8) is 0 Å². The Morgan fingerprint density at radius 3 is 2.44 bits per heavy atom. The largest absolute Gasteiger partial charge is 0.495 e. The lowest BCUT2D eigenvalue weighted by Gasteiger charge is -2.28. The van der Waals surface area contributed by atoms with Crippen molar-refractivity contribution < 1.29 is 17.9 Å². The standard InChI is InChI=1S/C21H24ClN3O5S2/c1-12(2)24-17-8-6-14(10-19(17)31-21(24)27)23-20(26)13(3)25(32(5,28)29)15-7-9-18(30-4)16(22)11-15/h6-13H,1-5H3,(H,23,26). The van der Waals surface area contributed by atoms with E-state index in [2.05, 4.69) is 5.32 Å². The van der Waals surface area contributed by atoms with E-state index in [0.717, 1.165) is 32.1 Å². The van der Waals surface area contributed by atoms with Crippen LogP contribution in [0.25, 0.3) is 10.2 Å². The Kier molecular flexibility index (Phi) is 6.87. The van der Waals surface area contributed by atoms with Crippen LogP contribution in [0.1, 0.15) is 26.8 Å². The fourth-order valence-electron chi connectivity index (χ4n) is 3.45. The van der Waals surface area contributed by atoms with Crippen LogP contribution in [0.5, 0.6) is 5.75 Å². The summed E-state index contributed by atoms with van der Waals surface area (Å²) in [6.07, 6.45) is 1.02. The van der Waals surface area contributed by atoms with Gasteiger partial charge in [-0.05, 0) is 57.2 Å². The van der Waals surface area contributed by atoms with Crippen LogP contribution < -0.4 is 19.2 Å². The number of nitrogens with one attached hydrogen (secondary N) is 1. The number of carbonyl (C=O) groups is 1. The third-order valence-corrected chi connectivity index (χ3v) is 7.33. The number of carbonyl (C=O) groups excluding carboxylic acids is 1. The summed E-state index contributed by atoms with van der Waals surface area (Å²) in [6, 6.07) is 8.60. The van der Waals surface area contributed by atoms with E-state index in [9.17, 15) is 18.0 Å². The van der Waals surface area contributed by atoms with Gasteiger partial charge in [-0.1, -0.05) is 22.9 Å². The molecule has 0 aliphatic heterocycles. The van der Waals surface area contributed by atoms with Crippen molar-refractivity contribution in [1.82, 2.24) is 4.57 Å². The van der Waals surface area contributed by atoms with E-state index >= 15 is 0 Å². The number of hydrogen-bond acceptors (Lipinski definition) is 6. The molecule has 0 bridgehead atoms. The topological polar surface area (TPSA) is 97.7 Å². The van der Waals surface area contributed by atoms with Gasteiger partial charge in [-0.15, -0.1) is 0 Å². The number of aromatic nitrogens is 1. The molecule has 1 N–H and O–H groups in total. The van der Waals surface area contributed by atoms with Gasteiger partial charge < -0.3 is 10.1 Å². The second-order valence-electron chi connectivity index (χ2n) is 7.56. The normalized spacial score (nSPS) is 12.7. The molecule has 0 spiro atoms. The van der Waals surface area contributed by atoms with Gasteiger partial charge in [0.25, 0.3) is 0 Å². The highest BCUT2D eigenvalue weighted by atomic mass is 35.5. The SMILES string of the molecule is COc1ccc(N(C(C)C(=O)Nc2ccc3c(c2)sc(=O)n3C(C)C)S(C)(=O)=O)cc1Cl. The lowest BCUT2D eigenvalue weighted by molar-refractivity contribution is -0.116. The number of benzene rings is 2. The van der Waals surface area contributed by atoms with Crippen LogP contribution in [0.3, 0.4) is 0 Å². The maximum absolute atomic E-state index is 13.0. The van der Waals surface area contributed by atoms with Gasteiger partial charge in [-0.3, -0.25) is 18.5 Å². The van der Waals surface area contributed by atoms with Gasteiger partial charge in [0.15, 0.2) is 0 Å². The van der Waals surface area contributed by atoms with Crippen LogP contribution >= 0.6 is 22.9 Å². The molecule has 0 fully saturated rings. The summed E-state index contributed by atoms with van der Waals surface area (Å²) in [5, 5.41) is 2.97. The van der Waals surface area contributed by atoms with Gasteiger partial charge >= 0.3 is 4.87 Å². The summed E-state index contributed by atoms with van der Waals surface area (Å²) in [5.41, 5.74) is 1.49. The highest BCUT2D eigenvalue weighted by molar-refractivity contribution is 7.92. The fourth-order valence-corrected chi connectivity index (χ4v) is 5.92. The number of fused-ring (bicyclic) bond motifs is 1. The van der Waals surface area contributed by atoms with E-state index in [-0.39, 0.29) is 21.6 Å². The predicted molar refractivity (Wildman–Crippen MR) is 130 cm³/mol. The third kappa shape index (κ3) is 4.77. The predicted octanol–water partition coefficient (Wildman–Crippen LogP) is 4.10. The van der Waals surface area contributed by atoms with Gasteiger partial charge in [0.2, 0.25) is 15.9 Å². The molecule has 0 aliphatic carbocycles. The molecule has 172 valence electrons. The zero-order valence-corrected chi connectivity index (χ0v) is 20.6. The summed E-state index contributed by atoms with van der Waals surface area (Å²) in [5.74, 6) is -0.140. The first kappa shape index (κ1) is 24.1. The summed E-state index contributed by atoms with van der Waals surface area (Å²) in [4.78, 5) is 25.1. The minimum atomic E-state index is -3.81. The van der Waals surface area contributed by atoms with E-state index in [1.54, 1.807) is 22.8 Å². The molecule has 1 amide bonds. The van der Waals surface area contributed by atoms with Gasteiger partial charge in [-0.25, -0.2) is 8.42 Å². The van der Waals surface area contributed by atoms with Crippen LogP contribution in [-0.4, -0.2) is 38.3 Å². The molecule has 0 saturated heterocycles. The number of thiazole rings is 1. The van der Waals surface area contributed by atoms with Crippen molar-refractivity contribution in [1.29, 1.82) is 0 Å². The smallest absolute Gasteiger partial charge is 0.308 e. The van der Waals surface area contributed by atoms with Gasteiger partial charge in [0, 0.05) is 11.7 Å². The Hall–Kier alpha value is -2.56. The van der Waals surface area contributed by atoms with Gasteiger partial charge in [0.05, 0.1) is 34.3 Å². The molecule has 1 atom stereocenters. The molecule has 3 rings (SSSR count). The molecule has 0 saturated carbocycles. The first-order valence-electron chi connectivity index (χ1n) is 9.73. The summed E-state index contributed by atoms with van der Waals surface area (Å²) in [6.45, 7) is 5.34. The van der Waals surface area contributed by atoms with E-state index in [4.69, 9.17) is 16.3 Å². The number of rotatable bonds is 7. The maximum atomic E-state index is 13.0. The van der Waals surface area contributed by atoms with Crippen LogP contribution in [0.2, 0.25) is 5.02 Å². The zero-order chi connectivity index (χ0) is 23.8. The zero-order valence-electron chi connectivity index (χ0n) is 18.2. The number of sulfonamides is 1. The number of halogens is 1. The molecular formula is C21H24ClN3O5S2. The quantitative estimate of drug-likeness (QED) is 0.530. The molecule has 2 aromatic carbocycles. The Balaban J connectivity index is 1.91. The number of amides is 1. The van der Waals surface area contributed by atoms with Crippen molar-refractivity contribution in [2.45, 2.75) is 32.9 Å². The average molecular weight is 498 g/mol. The van der Waals surface area contributed by atoms with Crippen LogP contribution in [-0.2, 0) is 14.8 Å². The molecule has 1 aromatic heterocycles. The monoisotopic (exact) mass is 497 g/mol. The highest BCUT2D eigenvalue weighted by Crippen LogP contribution is 2.31. The third-order valence-electron chi connectivity index (χ3n) is 4.88. The molecule has 32 heavy (non-hydrogen) atoms. The molecule has 3 aromatic rings. The van der Waals surface area contributed by atoms with Gasteiger partial charge in [-0.2, -0.15) is 0 Å². The van der Waals surface area contributed by atoms with Crippen molar-refractivity contribution in [2.24, 2.45) is 0 Å². The summed E-state index contributed by atoms with van der Waals surface area (Å²) in [7, 11) is -2.35. The highest BCUT2D eigenvalue weighted by Gasteiger charge is 2.30. The Labute approximate surface area is 195 Å².